The van der Waals surface area contributed by atoms with Crippen molar-refractivity contribution in [3.8, 4) is 11.5 Å². The molecule has 128 valence electrons. The predicted molar refractivity (Wildman–Crippen MR) is 78.8 cm³/mol. The van der Waals surface area contributed by atoms with Gasteiger partial charge >= 0.3 is 10.1 Å². The fourth-order valence-corrected chi connectivity index (χ4v) is 3.07. The highest BCUT2D eigenvalue weighted by molar-refractivity contribution is 7.87. The molecule has 0 amide bonds. The van der Waals surface area contributed by atoms with Crippen molar-refractivity contribution < 1.29 is 30.5 Å². The molecule has 0 bridgehead atoms. The Morgan fingerprint density at radius 3 is 2.04 bits per heavy atom. The van der Waals surface area contributed by atoms with Gasteiger partial charge in [0.2, 0.25) is 0 Å². The fraction of sp³-hybridized carbons (Fsp3) is 0.250. The molecule has 1 saturated carbocycles. The maximum Gasteiger partial charge on any atom is 0.345 e. The van der Waals surface area contributed by atoms with Gasteiger partial charge in [0.25, 0.3) is 0 Å². The molecule has 0 spiro atoms. The Bertz CT molecular complexity index is 823. The molecular formula is C16H13F3O4S. The summed E-state index contributed by atoms with van der Waals surface area (Å²) < 4.78 is 74.3. The van der Waals surface area contributed by atoms with E-state index in [0.717, 1.165) is 12.8 Å². The Kier molecular flexibility index (Phi) is 4.40. The Hall–Kier alpha value is -2.22. The number of halogens is 3. The van der Waals surface area contributed by atoms with E-state index in [1.165, 1.54) is 24.3 Å². The van der Waals surface area contributed by atoms with Crippen LogP contribution >= 0.6 is 0 Å². The monoisotopic (exact) mass is 358 g/mol. The molecule has 3 rings (SSSR count). The van der Waals surface area contributed by atoms with Crippen molar-refractivity contribution in [3.05, 3.63) is 53.8 Å². The first kappa shape index (κ1) is 16.6. The smallest absolute Gasteiger partial charge is 0.345 e. The lowest BCUT2D eigenvalue weighted by Gasteiger charge is -2.10. The minimum absolute atomic E-state index is 0.142. The van der Waals surface area contributed by atoms with Crippen molar-refractivity contribution >= 4 is 10.1 Å². The van der Waals surface area contributed by atoms with Crippen LogP contribution in [0.4, 0.5) is 13.2 Å². The molecule has 0 saturated heterocycles. The second kappa shape index (κ2) is 6.35. The number of ether oxygens (including phenoxy) is 1. The molecule has 0 atom stereocenters. The summed E-state index contributed by atoms with van der Waals surface area (Å²) in [5, 5.41) is 0. The lowest BCUT2D eigenvalue weighted by molar-refractivity contribution is 0.299. The highest BCUT2D eigenvalue weighted by Gasteiger charge is 2.27. The van der Waals surface area contributed by atoms with E-state index in [1.807, 2.05) is 0 Å². The zero-order valence-corrected chi connectivity index (χ0v) is 13.2. The molecule has 24 heavy (non-hydrogen) atoms. The summed E-state index contributed by atoms with van der Waals surface area (Å²) in [5.74, 6) is -3.39. The van der Waals surface area contributed by atoms with Crippen molar-refractivity contribution in [2.24, 2.45) is 5.92 Å². The van der Waals surface area contributed by atoms with Crippen molar-refractivity contribution in [2.45, 2.75) is 17.7 Å². The third kappa shape index (κ3) is 3.81. The maximum absolute atomic E-state index is 13.6. The largest absolute Gasteiger partial charge is 0.493 e. The summed E-state index contributed by atoms with van der Waals surface area (Å²) in [7, 11) is -4.78. The third-order valence-corrected chi connectivity index (χ3v) is 4.73. The van der Waals surface area contributed by atoms with E-state index >= 15 is 0 Å². The van der Waals surface area contributed by atoms with E-state index < -0.39 is 32.5 Å². The third-order valence-electron chi connectivity index (χ3n) is 3.43. The lowest BCUT2D eigenvalue weighted by Crippen LogP contribution is -2.14. The van der Waals surface area contributed by atoms with Crippen LogP contribution < -0.4 is 8.92 Å². The highest BCUT2D eigenvalue weighted by Crippen LogP contribution is 2.30. The molecule has 0 aliphatic heterocycles. The van der Waals surface area contributed by atoms with E-state index in [9.17, 15) is 21.6 Å². The van der Waals surface area contributed by atoms with Crippen molar-refractivity contribution in [3.63, 3.8) is 0 Å². The first-order chi connectivity index (χ1) is 11.3. The van der Waals surface area contributed by atoms with Gasteiger partial charge in [-0.3, -0.25) is 0 Å². The van der Waals surface area contributed by atoms with Crippen molar-refractivity contribution in [2.75, 3.05) is 6.61 Å². The molecule has 0 unspecified atom stereocenters. The van der Waals surface area contributed by atoms with Crippen LogP contribution in [0, 0.1) is 23.4 Å². The quantitative estimate of drug-likeness (QED) is 0.740. The van der Waals surface area contributed by atoms with Crippen LogP contribution in [-0.4, -0.2) is 15.0 Å². The fourth-order valence-electron chi connectivity index (χ4n) is 2.03. The van der Waals surface area contributed by atoms with Crippen LogP contribution in [0.15, 0.2) is 41.3 Å². The van der Waals surface area contributed by atoms with Crippen LogP contribution in [0.1, 0.15) is 12.8 Å². The number of hydrogen-bond donors (Lipinski definition) is 0. The summed E-state index contributed by atoms with van der Waals surface area (Å²) in [6, 6.07) is 6.13. The van der Waals surface area contributed by atoms with Gasteiger partial charge in [0, 0.05) is 12.1 Å². The average Bonchev–Trinajstić information content (AvgIpc) is 3.29. The predicted octanol–water partition coefficient (Wildman–Crippen LogP) is 3.66. The molecule has 0 radical (unpaired) electrons. The van der Waals surface area contributed by atoms with E-state index in [-0.39, 0.29) is 17.9 Å². The maximum atomic E-state index is 13.6. The molecule has 2 aromatic carbocycles. The summed E-state index contributed by atoms with van der Waals surface area (Å²) in [6.07, 6.45) is 2.27. The van der Waals surface area contributed by atoms with Gasteiger partial charge < -0.3 is 8.92 Å². The first-order valence-electron chi connectivity index (χ1n) is 7.17. The van der Waals surface area contributed by atoms with Crippen LogP contribution in [0.2, 0.25) is 0 Å². The molecule has 1 aliphatic carbocycles. The minimum atomic E-state index is -4.78. The lowest BCUT2D eigenvalue weighted by atomic mass is 10.3. The summed E-state index contributed by atoms with van der Waals surface area (Å²) in [6.45, 7) is 0.588. The second-order valence-corrected chi connectivity index (χ2v) is 6.94. The van der Waals surface area contributed by atoms with Gasteiger partial charge in [0.15, 0.2) is 16.5 Å². The average molecular weight is 358 g/mol. The normalized spacial score (nSPS) is 14.5. The molecule has 0 N–H and O–H groups in total. The van der Waals surface area contributed by atoms with Gasteiger partial charge in [-0.2, -0.15) is 8.42 Å². The molecule has 2 aromatic rings. The topological polar surface area (TPSA) is 52.6 Å². The van der Waals surface area contributed by atoms with E-state index in [0.29, 0.717) is 18.3 Å². The van der Waals surface area contributed by atoms with E-state index in [4.69, 9.17) is 8.92 Å². The van der Waals surface area contributed by atoms with Gasteiger partial charge in [-0.1, -0.05) is 0 Å². The summed E-state index contributed by atoms with van der Waals surface area (Å²) in [5.41, 5.74) is 0. The minimum Gasteiger partial charge on any atom is -0.493 e. The SMILES string of the molecule is O=S(=O)(Oc1ccc(OCC2CC2)cc1)c1c(F)cc(F)cc1F. The standard InChI is InChI=1S/C16H13F3O4S/c17-11-7-14(18)16(15(19)8-11)24(20,21)23-13-5-3-12(4-6-13)22-9-10-1-2-10/h3-8,10H,1-2,9H2. The van der Waals surface area contributed by atoms with Gasteiger partial charge in [-0.05, 0) is 43.0 Å². The molecule has 0 heterocycles. The molecule has 4 nitrogen and oxygen atoms in total. The van der Waals surface area contributed by atoms with Gasteiger partial charge in [-0.15, -0.1) is 0 Å². The van der Waals surface area contributed by atoms with Crippen molar-refractivity contribution in [1.29, 1.82) is 0 Å². The van der Waals surface area contributed by atoms with Gasteiger partial charge in [-0.25, -0.2) is 13.2 Å². The van der Waals surface area contributed by atoms with Crippen molar-refractivity contribution in [1.82, 2.24) is 0 Å². The number of hydrogen-bond acceptors (Lipinski definition) is 4. The molecule has 0 aromatic heterocycles. The molecule has 1 aliphatic rings. The summed E-state index contributed by atoms with van der Waals surface area (Å²) >= 11 is 0. The van der Waals surface area contributed by atoms with Crippen LogP contribution in [0.25, 0.3) is 0 Å². The Balaban J connectivity index is 1.76. The van der Waals surface area contributed by atoms with E-state index in [1.54, 1.807) is 0 Å². The van der Waals surface area contributed by atoms with Crippen LogP contribution in [0.5, 0.6) is 11.5 Å². The van der Waals surface area contributed by atoms with Gasteiger partial charge in [0.05, 0.1) is 6.61 Å². The molecular weight excluding hydrogens is 345 g/mol. The number of rotatable bonds is 6. The summed E-state index contributed by atoms with van der Waals surface area (Å²) in [4.78, 5) is -1.34. The Labute approximate surface area is 137 Å². The van der Waals surface area contributed by atoms with Crippen LogP contribution in [0.3, 0.4) is 0 Å². The number of benzene rings is 2. The molecule has 1 fully saturated rings. The highest BCUT2D eigenvalue weighted by atomic mass is 32.2. The second-order valence-electron chi connectivity index (χ2n) is 5.46. The van der Waals surface area contributed by atoms with E-state index in [2.05, 4.69) is 0 Å². The Morgan fingerprint density at radius 2 is 1.50 bits per heavy atom. The Morgan fingerprint density at radius 1 is 0.958 bits per heavy atom. The molecule has 8 heteroatoms. The zero-order valence-electron chi connectivity index (χ0n) is 12.3. The first-order valence-corrected chi connectivity index (χ1v) is 8.58. The van der Waals surface area contributed by atoms with Gasteiger partial charge in [0.1, 0.15) is 17.3 Å². The van der Waals surface area contributed by atoms with Crippen LogP contribution in [-0.2, 0) is 10.1 Å². The zero-order chi connectivity index (χ0) is 17.3.